The average molecular weight is 205 g/mol. The highest BCUT2D eigenvalue weighted by atomic mass is 16.5. The van der Waals surface area contributed by atoms with Gasteiger partial charge in [-0.15, -0.1) is 0 Å². The molecule has 15 heavy (non-hydrogen) atoms. The molecule has 0 aromatic heterocycles. The van der Waals surface area contributed by atoms with Crippen molar-refractivity contribution >= 4 is 5.90 Å². The molecule has 0 fully saturated rings. The Bertz CT molecular complexity index is 368. The second-order valence-corrected chi connectivity index (χ2v) is 4.10. The average Bonchev–Trinajstić information content (AvgIpc) is 2.68. The number of rotatable bonds is 2. The molecule has 0 spiro atoms. The maximum atomic E-state index is 9.16. The van der Waals surface area contributed by atoms with E-state index in [1.807, 2.05) is 12.1 Å². The molecule has 1 aliphatic rings. The molecule has 1 aliphatic heterocycles. The van der Waals surface area contributed by atoms with Crippen LogP contribution in [-0.4, -0.2) is 23.7 Å². The smallest absolute Gasteiger partial charge is 0.216 e. The van der Waals surface area contributed by atoms with E-state index in [4.69, 9.17) is 9.84 Å². The Morgan fingerprint density at radius 1 is 1.33 bits per heavy atom. The van der Waals surface area contributed by atoms with Crippen LogP contribution >= 0.6 is 0 Å². The molecule has 0 saturated carbocycles. The van der Waals surface area contributed by atoms with Crippen LogP contribution in [0, 0.1) is 5.92 Å². The lowest BCUT2D eigenvalue weighted by Crippen LogP contribution is -2.13. The maximum absolute atomic E-state index is 9.16. The fourth-order valence-corrected chi connectivity index (χ4v) is 1.49. The lowest BCUT2D eigenvalue weighted by Gasteiger charge is -2.06. The SMILES string of the molecule is CC(C)[C@@H]1COC(c2ccc(O)cc2)=N1. The molecule has 1 aromatic rings. The van der Waals surface area contributed by atoms with Crippen LogP contribution in [0.3, 0.4) is 0 Å². The second kappa shape index (κ2) is 3.93. The molecule has 0 bridgehead atoms. The summed E-state index contributed by atoms with van der Waals surface area (Å²) in [6, 6.07) is 7.18. The van der Waals surface area contributed by atoms with Crippen molar-refractivity contribution in [3.05, 3.63) is 29.8 Å². The topological polar surface area (TPSA) is 41.8 Å². The molecule has 0 radical (unpaired) electrons. The van der Waals surface area contributed by atoms with Gasteiger partial charge in [-0.3, -0.25) is 0 Å². The van der Waals surface area contributed by atoms with E-state index in [-0.39, 0.29) is 11.8 Å². The van der Waals surface area contributed by atoms with Crippen molar-refractivity contribution in [2.24, 2.45) is 10.9 Å². The number of aliphatic imine (C=N–C) groups is 1. The monoisotopic (exact) mass is 205 g/mol. The molecule has 80 valence electrons. The minimum atomic E-state index is 0.258. The van der Waals surface area contributed by atoms with Gasteiger partial charge in [0.15, 0.2) is 0 Å². The normalized spacial score (nSPS) is 20.2. The fourth-order valence-electron chi connectivity index (χ4n) is 1.49. The largest absolute Gasteiger partial charge is 0.508 e. The Labute approximate surface area is 89.4 Å². The standard InChI is InChI=1S/C12H15NO2/c1-8(2)11-7-15-12(13-11)9-3-5-10(14)6-4-9/h3-6,8,11,14H,7H2,1-2H3/t11-/m0/s1. The van der Waals surface area contributed by atoms with Gasteiger partial charge >= 0.3 is 0 Å². The molecule has 1 N–H and O–H groups in total. The van der Waals surface area contributed by atoms with Gasteiger partial charge in [0, 0.05) is 5.56 Å². The van der Waals surface area contributed by atoms with Crippen LogP contribution in [0.25, 0.3) is 0 Å². The number of aromatic hydroxyl groups is 1. The van der Waals surface area contributed by atoms with Gasteiger partial charge in [-0.05, 0) is 30.2 Å². The zero-order valence-corrected chi connectivity index (χ0v) is 8.97. The fraction of sp³-hybridized carbons (Fsp3) is 0.417. The predicted octanol–water partition coefficient (Wildman–Crippen LogP) is 2.19. The molecule has 0 aliphatic carbocycles. The van der Waals surface area contributed by atoms with Gasteiger partial charge in [-0.1, -0.05) is 13.8 Å². The van der Waals surface area contributed by atoms with Gasteiger partial charge in [0.05, 0.1) is 6.04 Å². The molecular formula is C12H15NO2. The highest BCUT2D eigenvalue weighted by Crippen LogP contribution is 2.18. The Hall–Kier alpha value is -1.51. The van der Waals surface area contributed by atoms with Gasteiger partial charge in [-0.25, -0.2) is 4.99 Å². The maximum Gasteiger partial charge on any atom is 0.216 e. The molecule has 0 unspecified atom stereocenters. The molecular weight excluding hydrogens is 190 g/mol. The van der Waals surface area contributed by atoms with Crippen LogP contribution in [0.15, 0.2) is 29.3 Å². The molecule has 2 rings (SSSR count). The zero-order chi connectivity index (χ0) is 10.8. The van der Waals surface area contributed by atoms with Crippen LogP contribution in [0.4, 0.5) is 0 Å². The summed E-state index contributed by atoms with van der Waals surface area (Å²) in [6.07, 6.45) is 0. The van der Waals surface area contributed by atoms with Crippen molar-refractivity contribution in [2.75, 3.05) is 6.61 Å². The summed E-state index contributed by atoms with van der Waals surface area (Å²) >= 11 is 0. The minimum Gasteiger partial charge on any atom is -0.508 e. The van der Waals surface area contributed by atoms with Crippen LogP contribution in [0.1, 0.15) is 19.4 Å². The minimum absolute atomic E-state index is 0.258. The lowest BCUT2D eigenvalue weighted by molar-refractivity contribution is 0.292. The highest BCUT2D eigenvalue weighted by Gasteiger charge is 2.22. The van der Waals surface area contributed by atoms with Crippen molar-refractivity contribution in [3.63, 3.8) is 0 Å². The van der Waals surface area contributed by atoms with Crippen LogP contribution in [0.2, 0.25) is 0 Å². The number of phenols is 1. The molecule has 1 atom stereocenters. The summed E-state index contributed by atoms with van der Waals surface area (Å²) in [6.45, 7) is 4.93. The molecule has 1 aromatic carbocycles. The van der Waals surface area contributed by atoms with E-state index in [0.29, 0.717) is 18.4 Å². The first-order chi connectivity index (χ1) is 7.16. The quantitative estimate of drug-likeness (QED) is 0.804. The van der Waals surface area contributed by atoms with Crippen molar-refractivity contribution in [2.45, 2.75) is 19.9 Å². The number of benzene rings is 1. The van der Waals surface area contributed by atoms with E-state index in [0.717, 1.165) is 5.56 Å². The first-order valence-electron chi connectivity index (χ1n) is 5.17. The summed E-state index contributed by atoms with van der Waals surface area (Å²) < 4.78 is 5.52. The van der Waals surface area contributed by atoms with E-state index in [2.05, 4.69) is 18.8 Å². The molecule has 1 heterocycles. The van der Waals surface area contributed by atoms with E-state index in [9.17, 15) is 0 Å². The van der Waals surface area contributed by atoms with Crippen LogP contribution in [0.5, 0.6) is 5.75 Å². The van der Waals surface area contributed by atoms with Gasteiger partial charge in [-0.2, -0.15) is 0 Å². The van der Waals surface area contributed by atoms with Crippen LogP contribution in [-0.2, 0) is 4.74 Å². The Morgan fingerprint density at radius 2 is 2.00 bits per heavy atom. The number of nitrogens with zero attached hydrogens (tertiary/aromatic N) is 1. The van der Waals surface area contributed by atoms with E-state index in [1.165, 1.54) is 0 Å². The lowest BCUT2D eigenvalue weighted by atomic mass is 10.1. The first kappa shape index (κ1) is 10.0. The predicted molar refractivity (Wildman–Crippen MR) is 59.2 cm³/mol. The van der Waals surface area contributed by atoms with Crippen molar-refractivity contribution in [1.82, 2.24) is 0 Å². The van der Waals surface area contributed by atoms with Gasteiger partial charge < -0.3 is 9.84 Å². The van der Waals surface area contributed by atoms with Crippen molar-refractivity contribution in [3.8, 4) is 5.75 Å². The Morgan fingerprint density at radius 3 is 2.53 bits per heavy atom. The molecule has 0 amide bonds. The molecule has 3 nitrogen and oxygen atoms in total. The summed E-state index contributed by atoms with van der Waals surface area (Å²) in [7, 11) is 0. The van der Waals surface area contributed by atoms with Gasteiger partial charge in [0.25, 0.3) is 0 Å². The van der Waals surface area contributed by atoms with Crippen molar-refractivity contribution in [1.29, 1.82) is 0 Å². The third kappa shape index (κ3) is 2.12. The van der Waals surface area contributed by atoms with E-state index >= 15 is 0 Å². The third-order valence-corrected chi connectivity index (χ3v) is 2.56. The molecule has 0 saturated heterocycles. The first-order valence-corrected chi connectivity index (χ1v) is 5.17. The van der Waals surface area contributed by atoms with Crippen LogP contribution < -0.4 is 0 Å². The summed E-state index contributed by atoms with van der Waals surface area (Å²) in [4.78, 5) is 4.50. The number of ether oxygens (including phenoxy) is 1. The number of phenolic OH excluding ortho intramolecular Hbond substituents is 1. The zero-order valence-electron chi connectivity index (χ0n) is 8.97. The van der Waals surface area contributed by atoms with Gasteiger partial charge in [0.1, 0.15) is 12.4 Å². The summed E-state index contributed by atoms with van der Waals surface area (Å²) in [5.74, 6) is 1.45. The second-order valence-electron chi connectivity index (χ2n) is 4.10. The van der Waals surface area contributed by atoms with Gasteiger partial charge in [0.2, 0.25) is 5.90 Å². The molecule has 3 heteroatoms. The Kier molecular flexibility index (Phi) is 2.62. The summed E-state index contributed by atoms with van der Waals surface area (Å²) in [5, 5.41) is 9.16. The van der Waals surface area contributed by atoms with Crippen molar-refractivity contribution < 1.29 is 9.84 Å². The Balaban J connectivity index is 2.19. The number of hydrogen-bond acceptors (Lipinski definition) is 3. The highest BCUT2D eigenvalue weighted by molar-refractivity contribution is 5.95. The van der Waals surface area contributed by atoms with E-state index < -0.39 is 0 Å². The van der Waals surface area contributed by atoms with E-state index in [1.54, 1.807) is 12.1 Å². The third-order valence-electron chi connectivity index (χ3n) is 2.56. The summed E-state index contributed by atoms with van der Waals surface area (Å²) in [5.41, 5.74) is 0.927. The number of hydrogen-bond donors (Lipinski definition) is 1.